The summed E-state index contributed by atoms with van der Waals surface area (Å²) in [6, 6.07) is 8.75. The Kier molecular flexibility index (Phi) is 6.13. The largest absolute Gasteiger partial charge is 0.494 e. The standard InChI is InChI=1S/C20H30N2O2/c1-17-7-5-13-21(17)14-6-16-24-19-11-9-18(10-12-19)22-15-4-2-3-8-20(22)23/h9-12,17H,2-8,13-16H2,1H3. The number of carbonyl (C=O) groups is 1. The van der Waals surface area contributed by atoms with Crippen LogP contribution in [0.15, 0.2) is 24.3 Å². The fourth-order valence-electron chi connectivity index (χ4n) is 3.76. The van der Waals surface area contributed by atoms with Gasteiger partial charge in [-0.25, -0.2) is 0 Å². The smallest absolute Gasteiger partial charge is 0.226 e. The minimum Gasteiger partial charge on any atom is -0.494 e. The van der Waals surface area contributed by atoms with Crippen LogP contribution in [0.4, 0.5) is 5.69 Å². The van der Waals surface area contributed by atoms with Crippen molar-refractivity contribution in [2.45, 2.75) is 57.9 Å². The maximum absolute atomic E-state index is 12.2. The number of carbonyl (C=O) groups excluding carboxylic acids is 1. The molecule has 3 rings (SSSR count). The van der Waals surface area contributed by atoms with Gasteiger partial charge in [0.15, 0.2) is 0 Å². The number of amides is 1. The number of nitrogens with zero attached hydrogens (tertiary/aromatic N) is 2. The number of benzene rings is 1. The summed E-state index contributed by atoms with van der Waals surface area (Å²) in [5.74, 6) is 1.15. The van der Waals surface area contributed by atoms with Crippen LogP contribution in [0.5, 0.6) is 5.75 Å². The Bertz CT molecular complexity index is 529. The molecule has 1 aromatic rings. The lowest BCUT2D eigenvalue weighted by atomic mass is 10.2. The van der Waals surface area contributed by atoms with Crippen molar-refractivity contribution in [1.29, 1.82) is 0 Å². The molecular weight excluding hydrogens is 300 g/mol. The maximum Gasteiger partial charge on any atom is 0.226 e. The predicted octanol–water partition coefficient (Wildman–Crippen LogP) is 3.85. The summed E-state index contributed by atoms with van der Waals surface area (Å²) in [6.07, 6.45) is 7.67. The third-order valence-corrected chi connectivity index (χ3v) is 5.27. The highest BCUT2D eigenvalue weighted by molar-refractivity contribution is 5.93. The van der Waals surface area contributed by atoms with Gasteiger partial charge < -0.3 is 14.5 Å². The molecule has 2 saturated heterocycles. The van der Waals surface area contributed by atoms with E-state index in [1.807, 2.05) is 29.2 Å². The van der Waals surface area contributed by atoms with Crippen LogP contribution in [0.2, 0.25) is 0 Å². The quantitative estimate of drug-likeness (QED) is 0.743. The Morgan fingerprint density at radius 2 is 1.92 bits per heavy atom. The first-order chi connectivity index (χ1) is 11.7. The van der Waals surface area contributed by atoms with E-state index in [1.54, 1.807) is 0 Å². The molecule has 24 heavy (non-hydrogen) atoms. The van der Waals surface area contributed by atoms with Gasteiger partial charge in [-0.15, -0.1) is 0 Å². The Balaban J connectivity index is 1.45. The molecule has 0 radical (unpaired) electrons. The van der Waals surface area contributed by atoms with Crippen LogP contribution in [-0.2, 0) is 4.79 Å². The van der Waals surface area contributed by atoms with E-state index in [2.05, 4.69) is 11.8 Å². The first kappa shape index (κ1) is 17.3. The highest BCUT2D eigenvalue weighted by atomic mass is 16.5. The van der Waals surface area contributed by atoms with Crippen molar-refractivity contribution in [3.05, 3.63) is 24.3 Å². The van der Waals surface area contributed by atoms with E-state index >= 15 is 0 Å². The fourth-order valence-corrected chi connectivity index (χ4v) is 3.76. The van der Waals surface area contributed by atoms with Gasteiger partial charge in [-0.2, -0.15) is 0 Å². The van der Waals surface area contributed by atoms with Crippen molar-refractivity contribution in [2.24, 2.45) is 0 Å². The van der Waals surface area contributed by atoms with Crippen molar-refractivity contribution in [2.75, 3.05) is 31.1 Å². The summed E-state index contributed by atoms with van der Waals surface area (Å²) in [5, 5.41) is 0. The van der Waals surface area contributed by atoms with E-state index in [0.717, 1.165) is 62.9 Å². The van der Waals surface area contributed by atoms with Crippen molar-refractivity contribution in [1.82, 2.24) is 4.90 Å². The van der Waals surface area contributed by atoms with Crippen LogP contribution in [0, 0.1) is 0 Å². The molecule has 2 aliphatic heterocycles. The average Bonchev–Trinajstić information content (AvgIpc) is 2.87. The summed E-state index contributed by atoms with van der Waals surface area (Å²) in [6.45, 7) is 6.27. The van der Waals surface area contributed by atoms with Gasteiger partial charge in [-0.3, -0.25) is 4.79 Å². The Morgan fingerprint density at radius 3 is 2.67 bits per heavy atom. The number of hydrogen-bond donors (Lipinski definition) is 0. The highest BCUT2D eigenvalue weighted by Crippen LogP contribution is 2.23. The van der Waals surface area contributed by atoms with E-state index in [4.69, 9.17) is 4.74 Å². The van der Waals surface area contributed by atoms with Gasteiger partial charge in [-0.05, 0) is 69.8 Å². The lowest BCUT2D eigenvalue weighted by Gasteiger charge is -2.21. The first-order valence-electron chi connectivity index (χ1n) is 9.51. The molecule has 2 aliphatic rings. The van der Waals surface area contributed by atoms with Gasteiger partial charge in [0, 0.05) is 31.2 Å². The fraction of sp³-hybridized carbons (Fsp3) is 0.650. The summed E-state index contributed by atoms with van der Waals surface area (Å²) < 4.78 is 5.86. The molecule has 2 fully saturated rings. The van der Waals surface area contributed by atoms with E-state index < -0.39 is 0 Å². The van der Waals surface area contributed by atoms with Crippen molar-refractivity contribution < 1.29 is 9.53 Å². The highest BCUT2D eigenvalue weighted by Gasteiger charge is 2.19. The van der Waals surface area contributed by atoms with Gasteiger partial charge >= 0.3 is 0 Å². The zero-order valence-corrected chi connectivity index (χ0v) is 14.9. The van der Waals surface area contributed by atoms with Crippen LogP contribution in [0.3, 0.4) is 0 Å². The predicted molar refractivity (Wildman–Crippen MR) is 97.6 cm³/mol. The molecule has 1 unspecified atom stereocenters. The van der Waals surface area contributed by atoms with Gasteiger partial charge in [0.25, 0.3) is 0 Å². The molecule has 1 amide bonds. The number of anilines is 1. The number of rotatable bonds is 6. The van der Waals surface area contributed by atoms with Gasteiger partial charge in [0.2, 0.25) is 5.91 Å². The zero-order chi connectivity index (χ0) is 16.8. The lowest BCUT2D eigenvalue weighted by molar-refractivity contribution is -0.118. The summed E-state index contributed by atoms with van der Waals surface area (Å²) in [5.41, 5.74) is 1.00. The van der Waals surface area contributed by atoms with E-state index in [9.17, 15) is 4.79 Å². The molecule has 0 aromatic heterocycles. The van der Waals surface area contributed by atoms with Crippen LogP contribution in [0.1, 0.15) is 51.9 Å². The molecule has 4 heteroatoms. The van der Waals surface area contributed by atoms with Crippen LogP contribution in [-0.4, -0.2) is 43.1 Å². The van der Waals surface area contributed by atoms with Crippen LogP contribution in [0.25, 0.3) is 0 Å². The third kappa shape index (κ3) is 4.50. The van der Waals surface area contributed by atoms with E-state index in [1.165, 1.54) is 19.4 Å². The maximum atomic E-state index is 12.2. The van der Waals surface area contributed by atoms with Crippen molar-refractivity contribution in [3.63, 3.8) is 0 Å². The molecule has 2 heterocycles. The Morgan fingerprint density at radius 1 is 1.08 bits per heavy atom. The van der Waals surface area contributed by atoms with Crippen LogP contribution < -0.4 is 9.64 Å². The molecule has 1 atom stereocenters. The zero-order valence-electron chi connectivity index (χ0n) is 14.9. The van der Waals surface area contributed by atoms with Gasteiger partial charge in [0.05, 0.1) is 6.61 Å². The monoisotopic (exact) mass is 330 g/mol. The average molecular weight is 330 g/mol. The number of hydrogen-bond acceptors (Lipinski definition) is 3. The van der Waals surface area contributed by atoms with E-state index in [-0.39, 0.29) is 5.91 Å². The van der Waals surface area contributed by atoms with Crippen molar-refractivity contribution >= 4 is 11.6 Å². The molecule has 4 nitrogen and oxygen atoms in total. The minimum atomic E-state index is 0.251. The second kappa shape index (κ2) is 8.52. The Hall–Kier alpha value is -1.55. The van der Waals surface area contributed by atoms with Crippen molar-refractivity contribution in [3.8, 4) is 5.75 Å². The second-order valence-corrected chi connectivity index (χ2v) is 7.08. The first-order valence-corrected chi connectivity index (χ1v) is 9.51. The molecule has 0 bridgehead atoms. The normalized spacial score (nSPS) is 22.6. The van der Waals surface area contributed by atoms with E-state index in [0.29, 0.717) is 6.42 Å². The molecule has 0 aliphatic carbocycles. The minimum absolute atomic E-state index is 0.251. The third-order valence-electron chi connectivity index (χ3n) is 5.27. The topological polar surface area (TPSA) is 32.8 Å². The SMILES string of the molecule is CC1CCCN1CCCOc1ccc(N2CCCCCC2=O)cc1. The molecule has 0 saturated carbocycles. The number of likely N-dealkylation sites (tertiary alicyclic amines) is 1. The summed E-state index contributed by atoms with van der Waals surface area (Å²) in [4.78, 5) is 16.6. The second-order valence-electron chi connectivity index (χ2n) is 7.08. The molecular formula is C20H30N2O2. The molecule has 0 spiro atoms. The summed E-state index contributed by atoms with van der Waals surface area (Å²) >= 11 is 0. The molecule has 1 aromatic carbocycles. The Labute approximate surface area is 145 Å². The molecule has 0 N–H and O–H groups in total. The van der Waals surface area contributed by atoms with Gasteiger partial charge in [-0.1, -0.05) is 6.42 Å². The summed E-state index contributed by atoms with van der Waals surface area (Å²) in [7, 11) is 0. The number of ether oxygens (including phenoxy) is 1. The van der Waals surface area contributed by atoms with Gasteiger partial charge in [0.1, 0.15) is 5.75 Å². The van der Waals surface area contributed by atoms with Crippen LogP contribution >= 0.6 is 0 Å². The lowest BCUT2D eigenvalue weighted by Crippen LogP contribution is -2.29. The molecule has 132 valence electrons.